The molecule has 0 N–H and O–H groups in total. The summed E-state index contributed by atoms with van der Waals surface area (Å²) in [6.07, 6.45) is 4.55. The van der Waals surface area contributed by atoms with Crippen LogP contribution >= 0.6 is 0 Å². The average Bonchev–Trinajstić information content (AvgIpc) is 2.07. The summed E-state index contributed by atoms with van der Waals surface area (Å²) >= 11 is 0. The maximum absolute atomic E-state index is 10.3. The Bertz CT molecular complexity index is 158. The Morgan fingerprint density at radius 3 is 2.23 bits per heavy atom. The zero-order valence-electron chi connectivity index (χ0n) is 7.98. The highest BCUT2D eigenvalue weighted by molar-refractivity contribution is 5.76. The van der Waals surface area contributed by atoms with E-state index in [1.165, 1.54) is 32.5 Å². The van der Waals surface area contributed by atoms with Gasteiger partial charge in [0.15, 0.2) is 0 Å². The molecule has 1 atom stereocenters. The van der Waals surface area contributed by atoms with Gasteiger partial charge < -0.3 is 9.69 Å². The average molecular weight is 175 g/mol. The maximum Gasteiger partial charge on any atom is 0.120 e. The quantitative estimate of drug-likeness (QED) is 0.439. The number of rotatable bonds is 2. The van der Waals surface area contributed by atoms with Crippen molar-refractivity contribution in [2.45, 2.75) is 19.3 Å². The highest BCUT2D eigenvalue weighted by Crippen LogP contribution is 2.33. The number of piperidine rings is 3. The van der Waals surface area contributed by atoms with E-state index in [-0.39, 0.29) is 16.8 Å². The molecular weight excluding hydrogens is 160 g/mol. The summed E-state index contributed by atoms with van der Waals surface area (Å²) in [6, 6.07) is 0. The van der Waals surface area contributed by atoms with E-state index in [0.717, 1.165) is 18.6 Å². The normalized spacial score (nSPS) is 35.8. The van der Waals surface area contributed by atoms with Crippen molar-refractivity contribution in [2.24, 2.45) is 11.8 Å². The minimum absolute atomic E-state index is 0. The van der Waals surface area contributed by atoms with Crippen LogP contribution in [0.1, 0.15) is 19.3 Å². The van der Waals surface area contributed by atoms with Gasteiger partial charge in [0.05, 0.1) is 0 Å². The molecule has 0 aromatic carbocycles. The van der Waals surface area contributed by atoms with Gasteiger partial charge in [0, 0.05) is 29.8 Å². The molecule has 0 unspecified atom stereocenters. The summed E-state index contributed by atoms with van der Waals surface area (Å²) in [5.74, 6) is 1.56. The molecule has 3 saturated heterocycles. The molecule has 2 bridgehead atoms. The Labute approximate surface area is 84.2 Å². The van der Waals surface area contributed by atoms with Gasteiger partial charge in [-0.25, -0.2) is 0 Å². The predicted molar refractivity (Wildman–Crippen MR) is 54.8 cm³/mol. The Morgan fingerprint density at radius 1 is 1.23 bits per heavy atom. The van der Waals surface area contributed by atoms with Crippen molar-refractivity contribution in [2.75, 3.05) is 19.6 Å². The van der Waals surface area contributed by atoms with Crippen LogP contribution in [0.25, 0.3) is 0 Å². The first-order valence-electron chi connectivity index (χ1n) is 4.56. The number of fused-ring (bicyclic) bond motifs is 3. The van der Waals surface area contributed by atoms with Crippen molar-refractivity contribution < 1.29 is 4.79 Å². The first-order valence-corrected chi connectivity index (χ1v) is 4.56. The predicted octanol–water partition coefficient (Wildman–Crippen LogP) is 0.156. The smallest absolute Gasteiger partial charge is 0.120 e. The van der Waals surface area contributed by atoms with E-state index < -0.39 is 0 Å². The van der Waals surface area contributed by atoms with Crippen LogP contribution in [0.4, 0.5) is 0 Å². The standard InChI is InChI=1S/C9H15NO.2B/c11-6-3-9-7-10-4-1-8(9)2-5-10;;/h6,8-9H,1-5,7H2;;/t9-;;/m1../s1. The molecule has 3 fully saturated rings. The SMILES string of the molecule is O=CC[C@@H]1CN2CCC1CC2.[B].[B]. The topological polar surface area (TPSA) is 20.3 Å². The Hall–Kier alpha value is -0.240. The number of nitrogens with zero attached hydrogens (tertiary/aromatic N) is 1. The lowest BCUT2D eigenvalue weighted by atomic mass is 9.78. The first kappa shape index (κ1) is 12.8. The van der Waals surface area contributed by atoms with E-state index in [1.54, 1.807) is 0 Å². The number of carbonyl (C=O) groups is 1. The Kier molecular flexibility index (Phi) is 5.38. The highest BCUT2D eigenvalue weighted by atomic mass is 16.1. The van der Waals surface area contributed by atoms with Crippen LogP contribution in [-0.2, 0) is 4.79 Å². The lowest BCUT2D eigenvalue weighted by molar-refractivity contribution is -0.110. The third-order valence-electron chi connectivity index (χ3n) is 3.19. The lowest BCUT2D eigenvalue weighted by Crippen LogP contribution is -2.47. The molecule has 0 aliphatic carbocycles. The Morgan fingerprint density at radius 2 is 1.85 bits per heavy atom. The second-order valence-electron chi connectivity index (χ2n) is 3.80. The molecule has 3 rings (SSSR count). The summed E-state index contributed by atoms with van der Waals surface area (Å²) in [6.45, 7) is 3.74. The Balaban J connectivity index is 0.000000720. The van der Waals surface area contributed by atoms with E-state index in [4.69, 9.17) is 0 Å². The lowest BCUT2D eigenvalue weighted by Gasteiger charge is -2.44. The fourth-order valence-corrected chi connectivity index (χ4v) is 2.48. The molecule has 3 heterocycles. The molecule has 2 nitrogen and oxygen atoms in total. The fraction of sp³-hybridized carbons (Fsp3) is 0.889. The second-order valence-corrected chi connectivity index (χ2v) is 3.80. The van der Waals surface area contributed by atoms with Crippen molar-refractivity contribution in [3.05, 3.63) is 0 Å². The van der Waals surface area contributed by atoms with E-state index in [9.17, 15) is 4.79 Å². The molecule has 0 amide bonds. The van der Waals surface area contributed by atoms with Gasteiger partial charge in [-0.15, -0.1) is 0 Å². The van der Waals surface area contributed by atoms with Crippen molar-refractivity contribution in [1.29, 1.82) is 0 Å². The summed E-state index contributed by atoms with van der Waals surface area (Å²) < 4.78 is 0. The monoisotopic (exact) mass is 175 g/mol. The van der Waals surface area contributed by atoms with Crippen LogP contribution in [0.2, 0.25) is 0 Å². The van der Waals surface area contributed by atoms with Crippen LogP contribution in [-0.4, -0.2) is 47.6 Å². The van der Waals surface area contributed by atoms with Gasteiger partial charge in [0.2, 0.25) is 0 Å². The molecule has 3 aliphatic rings. The molecular formula is C9H15B2NO. The van der Waals surface area contributed by atoms with E-state index >= 15 is 0 Å². The van der Waals surface area contributed by atoms with Crippen LogP contribution in [0.5, 0.6) is 0 Å². The minimum Gasteiger partial charge on any atom is -0.303 e. The van der Waals surface area contributed by atoms with Gasteiger partial charge in [-0.05, 0) is 37.8 Å². The molecule has 6 radical (unpaired) electrons. The van der Waals surface area contributed by atoms with Crippen molar-refractivity contribution in [1.82, 2.24) is 4.90 Å². The molecule has 0 aromatic rings. The second kappa shape index (κ2) is 5.48. The molecule has 4 heteroatoms. The minimum atomic E-state index is 0. The first-order chi connectivity index (χ1) is 5.40. The van der Waals surface area contributed by atoms with E-state index in [0.29, 0.717) is 5.92 Å². The number of hydrogen-bond donors (Lipinski definition) is 0. The number of hydrogen-bond acceptors (Lipinski definition) is 2. The number of aldehydes is 1. The van der Waals surface area contributed by atoms with E-state index in [2.05, 4.69) is 4.90 Å². The third-order valence-corrected chi connectivity index (χ3v) is 3.19. The molecule has 0 aromatic heterocycles. The fourth-order valence-electron chi connectivity index (χ4n) is 2.48. The summed E-state index contributed by atoms with van der Waals surface area (Å²) in [7, 11) is 0. The zero-order valence-corrected chi connectivity index (χ0v) is 7.98. The van der Waals surface area contributed by atoms with Gasteiger partial charge in [0.1, 0.15) is 6.29 Å². The van der Waals surface area contributed by atoms with Crippen LogP contribution in [0.3, 0.4) is 0 Å². The van der Waals surface area contributed by atoms with Crippen LogP contribution in [0.15, 0.2) is 0 Å². The summed E-state index contributed by atoms with van der Waals surface area (Å²) in [4.78, 5) is 12.8. The van der Waals surface area contributed by atoms with Crippen molar-refractivity contribution in [3.8, 4) is 0 Å². The van der Waals surface area contributed by atoms with Gasteiger partial charge in [-0.2, -0.15) is 0 Å². The van der Waals surface area contributed by atoms with Gasteiger partial charge >= 0.3 is 0 Å². The number of carbonyl (C=O) groups excluding carboxylic acids is 1. The summed E-state index contributed by atoms with van der Waals surface area (Å²) in [5, 5.41) is 0. The molecule has 0 saturated carbocycles. The van der Waals surface area contributed by atoms with Crippen molar-refractivity contribution in [3.63, 3.8) is 0 Å². The van der Waals surface area contributed by atoms with Crippen LogP contribution in [0, 0.1) is 11.8 Å². The molecule has 68 valence electrons. The molecule has 0 spiro atoms. The molecule has 13 heavy (non-hydrogen) atoms. The zero-order chi connectivity index (χ0) is 7.68. The highest BCUT2D eigenvalue weighted by Gasteiger charge is 2.33. The van der Waals surface area contributed by atoms with Crippen LogP contribution < -0.4 is 0 Å². The van der Waals surface area contributed by atoms with Gasteiger partial charge in [-0.3, -0.25) is 0 Å². The summed E-state index contributed by atoms with van der Waals surface area (Å²) in [5.41, 5.74) is 0. The molecule has 3 aliphatic heterocycles. The van der Waals surface area contributed by atoms with Gasteiger partial charge in [-0.1, -0.05) is 0 Å². The maximum atomic E-state index is 10.3. The van der Waals surface area contributed by atoms with Gasteiger partial charge in [0.25, 0.3) is 0 Å². The van der Waals surface area contributed by atoms with E-state index in [1.807, 2.05) is 0 Å². The third kappa shape index (κ3) is 2.60. The van der Waals surface area contributed by atoms with Crippen molar-refractivity contribution >= 4 is 23.1 Å². The largest absolute Gasteiger partial charge is 0.303 e.